The molecule has 0 radical (unpaired) electrons. The molecule has 0 fully saturated rings. The minimum Gasteiger partial charge on any atom is -0.748 e. The van der Waals surface area contributed by atoms with Crippen LogP contribution in [0.5, 0.6) is 0 Å². The third-order valence-corrected chi connectivity index (χ3v) is 6.73. The molecule has 2 atom stereocenters. The Morgan fingerprint density at radius 3 is 2.24 bits per heavy atom. The molecule has 2 unspecified atom stereocenters. The first kappa shape index (κ1) is 32.9. The van der Waals surface area contributed by atoms with Crippen LogP contribution in [0.15, 0.2) is 17.1 Å². The summed E-state index contributed by atoms with van der Waals surface area (Å²) < 4.78 is 32.8. The summed E-state index contributed by atoms with van der Waals surface area (Å²) in [7, 11) is -4.59. The van der Waals surface area contributed by atoms with Crippen LogP contribution in [-0.4, -0.2) is 83.9 Å². The van der Waals surface area contributed by atoms with Crippen molar-refractivity contribution < 1.29 is 62.0 Å². The Labute approximate surface area is 222 Å². The van der Waals surface area contributed by atoms with Crippen LogP contribution < -0.4 is 29.6 Å². The Morgan fingerprint density at radius 2 is 1.70 bits per heavy atom. The molecule has 0 aromatic heterocycles. The van der Waals surface area contributed by atoms with Crippen molar-refractivity contribution in [2.75, 3.05) is 38.5 Å². The van der Waals surface area contributed by atoms with Gasteiger partial charge in [0.05, 0.1) is 29.0 Å². The van der Waals surface area contributed by atoms with Crippen molar-refractivity contribution in [1.29, 1.82) is 0 Å². The molecule has 0 aliphatic carbocycles. The van der Waals surface area contributed by atoms with E-state index >= 15 is 0 Å². The predicted molar refractivity (Wildman–Crippen MR) is 125 cm³/mol. The maximum Gasteiger partial charge on any atom is 1.00 e. The average Bonchev–Trinajstić information content (AvgIpc) is 3.10. The topological polar surface area (TPSA) is 127 Å². The van der Waals surface area contributed by atoms with Crippen LogP contribution in [0.25, 0.3) is 0 Å². The summed E-state index contributed by atoms with van der Waals surface area (Å²) in [5.74, 6) is -1.00. The van der Waals surface area contributed by atoms with Gasteiger partial charge in [0, 0.05) is 0 Å². The zero-order chi connectivity index (χ0) is 23.9. The van der Waals surface area contributed by atoms with Crippen LogP contribution in [0.3, 0.4) is 0 Å². The number of nitrogens with zero attached hydrogens (tertiary/aromatic N) is 2. The van der Waals surface area contributed by atoms with Crippen molar-refractivity contribution in [2.45, 2.75) is 83.7 Å². The second-order valence-electron chi connectivity index (χ2n) is 8.82. The predicted octanol–water partition coefficient (Wildman–Crippen LogP) is -0.446. The van der Waals surface area contributed by atoms with Gasteiger partial charge in [0.1, 0.15) is 25.7 Å². The van der Waals surface area contributed by atoms with E-state index in [9.17, 15) is 28.0 Å². The van der Waals surface area contributed by atoms with Crippen molar-refractivity contribution in [3.05, 3.63) is 12.2 Å². The second-order valence-corrected chi connectivity index (χ2v) is 10.3. The van der Waals surface area contributed by atoms with Gasteiger partial charge < -0.3 is 14.8 Å². The molecule has 1 rings (SSSR count). The third kappa shape index (κ3) is 14.1. The Kier molecular flexibility index (Phi) is 18.1. The molecule has 0 amide bonds. The number of ketones is 1. The van der Waals surface area contributed by atoms with Crippen molar-refractivity contribution in [3.63, 3.8) is 0 Å². The Morgan fingerprint density at radius 1 is 1.12 bits per heavy atom. The summed E-state index contributed by atoms with van der Waals surface area (Å²) >= 11 is 0. The molecule has 0 bridgehead atoms. The second kappa shape index (κ2) is 18.2. The number of allylic oxidation sites excluding steroid dienone is 1. The number of carbonyl (C=O) groups is 1. The molecule has 1 heterocycles. The smallest absolute Gasteiger partial charge is 0.748 e. The van der Waals surface area contributed by atoms with Gasteiger partial charge in [-0.15, -0.1) is 0 Å². The molecule has 0 saturated carbocycles. The fraction of sp³-hybridized carbons (Fsp3) is 0.826. The number of aliphatic hydroxyl groups is 2. The van der Waals surface area contributed by atoms with Crippen LogP contribution in [0, 0.1) is 0 Å². The maximum absolute atomic E-state index is 12.7. The summed E-state index contributed by atoms with van der Waals surface area (Å²) in [6, 6.07) is 0. The van der Waals surface area contributed by atoms with Crippen molar-refractivity contribution in [3.8, 4) is 0 Å². The molecular weight excluding hydrogens is 455 g/mol. The SMILES string of the molecule is CCCCCCCCCCCC/C=C/C(=O)C1=NCC[N+]1(CCO)CC(O)CS(=O)(=O)[O-].[Na+]. The van der Waals surface area contributed by atoms with Crippen LogP contribution in [0.4, 0.5) is 0 Å². The van der Waals surface area contributed by atoms with E-state index in [0.717, 1.165) is 19.3 Å². The molecule has 10 heteroatoms. The summed E-state index contributed by atoms with van der Waals surface area (Å²) in [5, 5.41) is 19.5. The van der Waals surface area contributed by atoms with E-state index in [1.54, 1.807) is 0 Å². The number of rotatable bonds is 19. The van der Waals surface area contributed by atoms with Gasteiger partial charge in [-0.25, -0.2) is 13.4 Å². The zero-order valence-corrected chi connectivity index (χ0v) is 23.4. The van der Waals surface area contributed by atoms with Crippen LogP contribution in [-0.2, 0) is 14.9 Å². The molecule has 0 spiro atoms. The first-order valence-electron chi connectivity index (χ1n) is 12.1. The fourth-order valence-corrected chi connectivity index (χ4v) is 4.88. The third-order valence-electron chi connectivity index (χ3n) is 5.94. The molecule has 33 heavy (non-hydrogen) atoms. The number of aliphatic hydroxyl groups excluding tert-OH is 2. The van der Waals surface area contributed by atoms with Gasteiger partial charge >= 0.3 is 29.6 Å². The average molecular weight is 498 g/mol. The maximum atomic E-state index is 12.7. The van der Waals surface area contributed by atoms with Gasteiger partial charge in [0.2, 0.25) is 0 Å². The number of aliphatic imine (C=N–C) groups is 1. The van der Waals surface area contributed by atoms with E-state index in [-0.39, 0.29) is 65.4 Å². The quantitative estimate of drug-likeness (QED) is 0.0819. The summed E-state index contributed by atoms with van der Waals surface area (Å²) in [6.45, 7) is 2.70. The minimum atomic E-state index is -4.59. The largest absolute Gasteiger partial charge is 1.00 e. The normalized spacial score (nSPS) is 19.5. The Balaban J connectivity index is 0.0000102. The Bertz CT molecular complexity index is 714. The molecule has 8 nitrogen and oxygen atoms in total. The molecule has 186 valence electrons. The van der Waals surface area contributed by atoms with E-state index in [2.05, 4.69) is 11.9 Å². The zero-order valence-electron chi connectivity index (χ0n) is 20.6. The first-order valence-corrected chi connectivity index (χ1v) is 13.7. The van der Waals surface area contributed by atoms with E-state index in [4.69, 9.17) is 0 Å². The van der Waals surface area contributed by atoms with Crippen LogP contribution >= 0.6 is 0 Å². The van der Waals surface area contributed by atoms with Crippen LogP contribution in [0.1, 0.15) is 77.6 Å². The summed E-state index contributed by atoms with van der Waals surface area (Å²) in [4.78, 5) is 17.0. The molecule has 0 aromatic rings. The summed E-state index contributed by atoms with van der Waals surface area (Å²) in [5.41, 5.74) is 0. The van der Waals surface area contributed by atoms with Gasteiger partial charge in [-0.1, -0.05) is 70.8 Å². The van der Waals surface area contributed by atoms with Gasteiger partial charge in [-0.2, -0.15) is 0 Å². The molecular formula is C23H42N2NaO6S+. The minimum absolute atomic E-state index is 0. The number of amidine groups is 1. The molecule has 1 aliphatic heterocycles. The van der Waals surface area contributed by atoms with Gasteiger partial charge in [-0.3, -0.25) is 9.28 Å². The van der Waals surface area contributed by atoms with Crippen molar-refractivity contribution >= 4 is 21.7 Å². The van der Waals surface area contributed by atoms with Crippen LogP contribution in [0.2, 0.25) is 0 Å². The van der Waals surface area contributed by atoms with E-state index < -0.39 is 22.0 Å². The monoisotopic (exact) mass is 497 g/mol. The Hall–Kier alpha value is -0.130. The standard InChI is InChI=1S/C23H42N2O6S.Na/c1-2-3-4-5-6-7-8-9-10-11-12-13-14-22(28)23-24-15-16-25(23,17-18-26)19-21(27)20-32(29,30)31;/h13-14,21,26-27H,2-12,15-20H2,1H3;/q;+1/b14-13+;. The van der Waals surface area contributed by atoms with Gasteiger partial charge in [0.15, 0.2) is 0 Å². The molecule has 1 aliphatic rings. The molecule has 0 aromatic carbocycles. The molecule has 0 saturated heterocycles. The number of unbranched alkanes of at least 4 members (excludes halogenated alkanes) is 10. The van der Waals surface area contributed by atoms with Crippen molar-refractivity contribution in [1.82, 2.24) is 0 Å². The molecule has 2 N–H and O–H groups in total. The number of quaternary nitrogens is 1. The number of carbonyl (C=O) groups excluding carboxylic acids is 1. The fourth-order valence-electron chi connectivity index (χ4n) is 4.30. The first-order chi connectivity index (χ1) is 15.2. The summed E-state index contributed by atoms with van der Waals surface area (Å²) in [6.07, 6.45) is 15.2. The van der Waals surface area contributed by atoms with E-state index in [0.29, 0.717) is 13.1 Å². The van der Waals surface area contributed by atoms with E-state index in [1.807, 2.05) is 6.08 Å². The van der Waals surface area contributed by atoms with Crippen molar-refractivity contribution in [2.24, 2.45) is 4.99 Å². The van der Waals surface area contributed by atoms with Gasteiger partial charge in [-0.05, 0) is 18.9 Å². The van der Waals surface area contributed by atoms with Gasteiger partial charge in [0.25, 0.3) is 11.6 Å². The van der Waals surface area contributed by atoms with E-state index in [1.165, 1.54) is 57.4 Å². The number of hydrogen-bond acceptors (Lipinski definition) is 7. The number of hydrogen-bond donors (Lipinski definition) is 2.